The number of ether oxygens (including phenoxy) is 1. The summed E-state index contributed by atoms with van der Waals surface area (Å²) in [5, 5.41) is 7.85. The van der Waals surface area contributed by atoms with E-state index in [9.17, 15) is 4.79 Å². The zero-order valence-corrected chi connectivity index (χ0v) is 17.7. The van der Waals surface area contributed by atoms with E-state index in [1.165, 1.54) is 0 Å². The standard InChI is InChI=1S/C20H21ClN4O3S/c1-24(12-18(26)22-16-7-5-15(21)6-8-16)13-25-20(29)28-19(23-25)11-14-3-9-17(27-2)10-4-14/h3-10H,11-13H2,1-2H3,(H,22,26). The van der Waals surface area contributed by atoms with Crippen molar-refractivity contribution in [3.8, 4) is 5.75 Å². The van der Waals surface area contributed by atoms with Gasteiger partial charge in [-0.15, -0.1) is 5.10 Å². The number of likely N-dealkylation sites (N-methyl/N-ethyl adjacent to an activating group) is 1. The van der Waals surface area contributed by atoms with E-state index in [1.54, 1.807) is 48.0 Å². The van der Waals surface area contributed by atoms with Gasteiger partial charge in [0.05, 0.1) is 26.7 Å². The van der Waals surface area contributed by atoms with E-state index in [4.69, 9.17) is 33.0 Å². The fraction of sp³-hybridized carbons (Fsp3) is 0.250. The van der Waals surface area contributed by atoms with E-state index in [0.717, 1.165) is 11.3 Å². The highest BCUT2D eigenvalue weighted by atomic mass is 35.5. The summed E-state index contributed by atoms with van der Waals surface area (Å²) < 4.78 is 12.3. The van der Waals surface area contributed by atoms with Gasteiger partial charge in [-0.1, -0.05) is 23.7 Å². The first-order valence-corrected chi connectivity index (χ1v) is 9.65. The second-order valence-electron chi connectivity index (χ2n) is 6.50. The average molecular weight is 433 g/mol. The summed E-state index contributed by atoms with van der Waals surface area (Å²) in [5.41, 5.74) is 1.72. The molecule has 0 radical (unpaired) electrons. The van der Waals surface area contributed by atoms with Crippen LogP contribution in [0.3, 0.4) is 0 Å². The number of amides is 1. The Balaban J connectivity index is 1.55. The number of methoxy groups -OCH3 is 1. The van der Waals surface area contributed by atoms with Gasteiger partial charge < -0.3 is 14.5 Å². The highest BCUT2D eigenvalue weighted by Crippen LogP contribution is 2.15. The first-order valence-electron chi connectivity index (χ1n) is 8.86. The Morgan fingerprint density at radius 3 is 2.59 bits per heavy atom. The predicted molar refractivity (Wildman–Crippen MR) is 114 cm³/mol. The largest absolute Gasteiger partial charge is 0.497 e. The molecule has 0 aliphatic carbocycles. The lowest BCUT2D eigenvalue weighted by Crippen LogP contribution is -2.32. The third-order valence-corrected chi connectivity index (χ3v) is 4.63. The van der Waals surface area contributed by atoms with Crippen molar-refractivity contribution in [1.29, 1.82) is 0 Å². The number of hydrogen-bond donors (Lipinski definition) is 1. The van der Waals surface area contributed by atoms with Crippen LogP contribution in [0.5, 0.6) is 5.75 Å². The topological polar surface area (TPSA) is 72.5 Å². The molecule has 1 N–H and O–H groups in total. The van der Waals surface area contributed by atoms with Crippen LogP contribution in [-0.4, -0.2) is 41.3 Å². The summed E-state index contributed by atoms with van der Waals surface area (Å²) in [6.07, 6.45) is 0.515. The van der Waals surface area contributed by atoms with Crippen LogP contribution in [0.1, 0.15) is 11.5 Å². The maximum atomic E-state index is 12.2. The van der Waals surface area contributed by atoms with E-state index in [2.05, 4.69) is 10.4 Å². The molecule has 1 heterocycles. The average Bonchev–Trinajstić information content (AvgIpc) is 3.02. The monoisotopic (exact) mass is 432 g/mol. The highest BCUT2D eigenvalue weighted by molar-refractivity contribution is 7.71. The Bertz CT molecular complexity index is 1020. The minimum atomic E-state index is -0.150. The van der Waals surface area contributed by atoms with Gasteiger partial charge in [0.2, 0.25) is 11.8 Å². The number of hydrogen-bond acceptors (Lipinski definition) is 6. The number of carbonyl (C=O) groups excluding carboxylic acids is 1. The van der Waals surface area contributed by atoms with Gasteiger partial charge in [-0.25, -0.2) is 4.68 Å². The summed E-state index contributed by atoms with van der Waals surface area (Å²) in [6.45, 7) is 0.504. The van der Waals surface area contributed by atoms with Gasteiger partial charge in [0.15, 0.2) is 0 Å². The molecule has 0 spiro atoms. The molecule has 29 heavy (non-hydrogen) atoms. The molecule has 0 unspecified atom stereocenters. The molecule has 152 valence electrons. The Hall–Kier alpha value is -2.68. The quantitative estimate of drug-likeness (QED) is 0.543. The van der Waals surface area contributed by atoms with Crippen molar-refractivity contribution in [1.82, 2.24) is 14.7 Å². The molecule has 0 atom stereocenters. The Kier molecular flexibility index (Phi) is 7.03. The summed E-state index contributed by atoms with van der Waals surface area (Å²) in [5.74, 6) is 1.15. The number of halogens is 1. The van der Waals surface area contributed by atoms with Crippen molar-refractivity contribution in [2.24, 2.45) is 0 Å². The molecule has 1 aromatic heterocycles. The summed E-state index contributed by atoms with van der Waals surface area (Å²) >= 11 is 11.1. The first-order chi connectivity index (χ1) is 13.9. The lowest BCUT2D eigenvalue weighted by Gasteiger charge is -2.15. The molecule has 3 aromatic rings. The molecule has 0 aliphatic rings. The van der Waals surface area contributed by atoms with Crippen molar-refractivity contribution in [3.05, 3.63) is 69.8 Å². The smallest absolute Gasteiger partial charge is 0.288 e. The molecule has 9 heteroatoms. The van der Waals surface area contributed by atoms with Crippen LogP contribution < -0.4 is 10.1 Å². The minimum absolute atomic E-state index is 0.150. The SMILES string of the molecule is COc1ccc(Cc2nn(CN(C)CC(=O)Nc3ccc(Cl)cc3)c(=S)o2)cc1. The van der Waals surface area contributed by atoms with Gasteiger partial charge in [0, 0.05) is 10.7 Å². The van der Waals surface area contributed by atoms with Gasteiger partial charge >= 0.3 is 0 Å². The third-order valence-electron chi connectivity index (χ3n) is 4.08. The molecule has 0 aliphatic heterocycles. The first kappa shape index (κ1) is 21.0. The van der Waals surface area contributed by atoms with Crippen LogP contribution in [0.25, 0.3) is 0 Å². The molecule has 0 saturated carbocycles. The van der Waals surface area contributed by atoms with E-state index in [1.807, 2.05) is 24.3 Å². The van der Waals surface area contributed by atoms with Crippen LogP contribution in [0.2, 0.25) is 5.02 Å². The number of aromatic nitrogens is 2. The molecular weight excluding hydrogens is 412 g/mol. The number of benzene rings is 2. The molecule has 3 rings (SSSR count). The van der Waals surface area contributed by atoms with E-state index in [-0.39, 0.29) is 17.3 Å². The highest BCUT2D eigenvalue weighted by Gasteiger charge is 2.12. The molecule has 0 bridgehead atoms. The maximum Gasteiger partial charge on any atom is 0.288 e. The normalized spacial score (nSPS) is 10.9. The van der Waals surface area contributed by atoms with Crippen LogP contribution in [0.15, 0.2) is 52.9 Å². The van der Waals surface area contributed by atoms with E-state index < -0.39 is 0 Å². The van der Waals surface area contributed by atoms with Crippen molar-refractivity contribution < 1.29 is 13.9 Å². The maximum absolute atomic E-state index is 12.2. The zero-order chi connectivity index (χ0) is 20.8. The second-order valence-corrected chi connectivity index (χ2v) is 7.28. The molecule has 7 nitrogen and oxygen atoms in total. The molecule has 2 aromatic carbocycles. The Labute approximate surface area is 178 Å². The van der Waals surface area contributed by atoms with Gasteiger partial charge in [-0.2, -0.15) is 0 Å². The van der Waals surface area contributed by atoms with E-state index in [0.29, 0.717) is 29.7 Å². The lowest BCUT2D eigenvalue weighted by atomic mass is 10.1. The lowest BCUT2D eigenvalue weighted by molar-refractivity contribution is -0.117. The summed E-state index contributed by atoms with van der Waals surface area (Å²) in [7, 11) is 3.43. The predicted octanol–water partition coefficient (Wildman–Crippen LogP) is 3.99. The fourth-order valence-electron chi connectivity index (χ4n) is 2.69. The number of rotatable bonds is 8. The number of nitrogens with one attached hydrogen (secondary N) is 1. The summed E-state index contributed by atoms with van der Waals surface area (Å²) in [4.78, 5) is 14.3. The van der Waals surface area contributed by atoms with Gasteiger partial charge in [-0.3, -0.25) is 9.69 Å². The Morgan fingerprint density at radius 1 is 1.24 bits per heavy atom. The molecule has 1 amide bonds. The van der Waals surface area contributed by atoms with Crippen molar-refractivity contribution in [3.63, 3.8) is 0 Å². The minimum Gasteiger partial charge on any atom is -0.497 e. The number of anilines is 1. The van der Waals surface area contributed by atoms with Gasteiger partial charge in [0.25, 0.3) is 4.84 Å². The zero-order valence-electron chi connectivity index (χ0n) is 16.1. The van der Waals surface area contributed by atoms with Crippen LogP contribution >= 0.6 is 23.8 Å². The van der Waals surface area contributed by atoms with Crippen LogP contribution in [-0.2, 0) is 17.9 Å². The van der Waals surface area contributed by atoms with Crippen molar-refractivity contribution >= 4 is 35.4 Å². The number of carbonyl (C=O) groups is 1. The Morgan fingerprint density at radius 2 is 1.93 bits per heavy atom. The molecular formula is C20H21ClN4O3S. The van der Waals surface area contributed by atoms with Crippen LogP contribution in [0.4, 0.5) is 5.69 Å². The van der Waals surface area contributed by atoms with Crippen molar-refractivity contribution in [2.75, 3.05) is 26.0 Å². The molecule has 0 fully saturated rings. The fourth-order valence-corrected chi connectivity index (χ4v) is 3.01. The summed E-state index contributed by atoms with van der Waals surface area (Å²) in [6, 6.07) is 14.6. The van der Waals surface area contributed by atoms with Crippen LogP contribution in [0, 0.1) is 4.84 Å². The van der Waals surface area contributed by atoms with E-state index >= 15 is 0 Å². The van der Waals surface area contributed by atoms with Gasteiger partial charge in [-0.05, 0) is 61.2 Å². The van der Waals surface area contributed by atoms with Gasteiger partial charge in [0.1, 0.15) is 5.75 Å². The second kappa shape index (κ2) is 9.69. The number of nitrogens with zero attached hydrogens (tertiary/aromatic N) is 3. The third kappa shape index (κ3) is 6.15. The van der Waals surface area contributed by atoms with Crippen molar-refractivity contribution in [2.45, 2.75) is 13.1 Å². The molecule has 0 saturated heterocycles.